The highest BCUT2D eigenvalue weighted by molar-refractivity contribution is 5.27. The Labute approximate surface area is 107 Å². The van der Waals surface area contributed by atoms with Gasteiger partial charge >= 0.3 is 0 Å². The number of aromatic nitrogens is 1. The minimum atomic E-state index is 0.577. The van der Waals surface area contributed by atoms with Crippen molar-refractivity contribution < 1.29 is 9.15 Å². The molecule has 0 unspecified atom stereocenters. The standard InChI is InChI=1S/C14H18N2O2/c1-16(2)11-12-3-5-13(6-4-12)17-9-7-14-15-8-10-18-14/h3-6,8,10H,7,9,11H2,1-2H3. The van der Waals surface area contributed by atoms with Crippen LogP contribution in [-0.4, -0.2) is 30.6 Å². The van der Waals surface area contributed by atoms with Crippen molar-refractivity contribution in [2.45, 2.75) is 13.0 Å². The Balaban J connectivity index is 1.79. The molecule has 0 atom stereocenters. The predicted octanol–water partition coefficient (Wildman–Crippen LogP) is 2.36. The average Bonchev–Trinajstić information content (AvgIpc) is 2.84. The van der Waals surface area contributed by atoms with Crippen LogP contribution in [0.25, 0.3) is 0 Å². The van der Waals surface area contributed by atoms with Crippen molar-refractivity contribution in [3.05, 3.63) is 48.2 Å². The first kappa shape index (κ1) is 12.6. The summed E-state index contributed by atoms with van der Waals surface area (Å²) in [6, 6.07) is 8.16. The van der Waals surface area contributed by atoms with Gasteiger partial charge in [0.1, 0.15) is 12.0 Å². The third-order valence-electron chi connectivity index (χ3n) is 2.49. The van der Waals surface area contributed by atoms with Crippen molar-refractivity contribution in [2.24, 2.45) is 0 Å². The summed E-state index contributed by atoms with van der Waals surface area (Å²) < 4.78 is 10.8. The van der Waals surface area contributed by atoms with Gasteiger partial charge in [-0.3, -0.25) is 0 Å². The van der Waals surface area contributed by atoms with Crippen molar-refractivity contribution in [3.8, 4) is 5.75 Å². The fraction of sp³-hybridized carbons (Fsp3) is 0.357. The summed E-state index contributed by atoms with van der Waals surface area (Å²) in [6.45, 7) is 1.52. The van der Waals surface area contributed by atoms with Crippen molar-refractivity contribution in [1.29, 1.82) is 0 Å². The highest BCUT2D eigenvalue weighted by Crippen LogP contribution is 2.13. The van der Waals surface area contributed by atoms with E-state index in [1.165, 1.54) is 5.56 Å². The fourth-order valence-corrected chi connectivity index (χ4v) is 1.69. The molecule has 0 aliphatic heterocycles. The lowest BCUT2D eigenvalue weighted by Gasteiger charge is -2.10. The molecule has 18 heavy (non-hydrogen) atoms. The lowest BCUT2D eigenvalue weighted by molar-refractivity contribution is 0.306. The van der Waals surface area contributed by atoms with Crippen LogP contribution in [0.2, 0.25) is 0 Å². The summed E-state index contributed by atoms with van der Waals surface area (Å²) >= 11 is 0. The fourth-order valence-electron chi connectivity index (χ4n) is 1.69. The van der Waals surface area contributed by atoms with E-state index in [1.54, 1.807) is 12.5 Å². The molecule has 0 saturated heterocycles. The van der Waals surface area contributed by atoms with Crippen LogP contribution in [0.1, 0.15) is 11.5 Å². The van der Waals surface area contributed by atoms with E-state index in [0.29, 0.717) is 18.9 Å². The van der Waals surface area contributed by atoms with Gasteiger partial charge in [-0.1, -0.05) is 12.1 Å². The number of oxazole rings is 1. The maximum atomic E-state index is 5.63. The molecule has 4 heteroatoms. The van der Waals surface area contributed by atoms with Gasteiger partial charge in [0.15, 0.2) is 5.89 Å². The molecule has 0 spiro atoms. The summed E-state index contributed by atoms with van der Waals surface area (Å²) in [5.74, 6) is 1.59. The van der Waals surface area contributed by atoms with E-state index in [4.69, 9.17) is 9.15 Å². The van der Waals surface area contributed by atoms with Crippen LogP contribution in [0, 0.1) is 0 Å². The number of hydrogen-bond acceptors (Lipinski definition) is 4. The molecule has 0 aliphatic carbocycles. The molecular formula is C14H18N2O2. The van der Waals surface area contributed by atoms with E-state index in [0.717, 1.165) is 12.3 Å². The van der Waals surface area contributed by atoms with Gasteiger partial charge in [0.2, 0.25) is 0 Å². The van der Waals surface area contributed by atoms with E-state index in [2.05, 4.69) is 36.1 Å². The maximum absolute atomic E-state index is 5.63. The molecule has 0 amide bonds. The quantitative estimate of drug-likeness (QED) is 0.784. The van der Waals surface area contributed by atoms with Gasteiger partial charge in [0.25, 0.3) is 0 Å². The molecule has 4 nitrogen and oxygen atoms in total. The summed E-state index contributed by atoms with van der Waals surface area (Å²) in [5, 5.41) is 0. The smallest absolute Gasteiger partial charge is 0.197 e. The van der Waals surface area contributed by atoms with E-state index in [-0.39, 0.29) is 0 Å². The first-order valence-corrected chi connectivity index (χ1v) is 5.99. The predicted molar refractivity (Wildman–Crippen MR) is 69.5 cm³/mol. The molecule has 0 radical (unpaired) electrons. The molecular weight excluding hydrogens is 228 g/mol. The second-order valence-electron chi connectivity index (χ2n) is 4.41. The Morgan fingerprint density at radius 1 is 1.22 bits per heavy atom. The largest absolute Gasteiger partial charge is 0.493 e. The normalized spacial score (nSPS) is 10.8. The van der Waals surface area contributed by atoms with E-state index in [9.17, 15) is 0 Å². The van der Waals surface area contributed by atoms with Gasteiger partial charge in [-0.15, -0.1) is 0 Å². The molecule has 1 heterocycles. The summed E-state index contributed by atoms with van der Waals surface area (Å²) in [5.41, 5.74) is 1.28. The lowest BCUT2D eigenvalue weighted by Crippen LogP contribution is -2.10. The molecule has 1 aromatic heterocycles. The van der Waals surface area contributed by atoms with Gasteiger partial charge in [0.05, 0.1) is 19.2 Å². The molecule has 2 rings (SSSR count). The van der Waals surface area contributed by atoms with E-state index < -0.39 is 0 Å². The number of hydrogen-bond donors (Lipinski definition) is 0. The summed E-state index contributed by atoms with van der Waals surface area (Å²) in [6.07, 6.45) is 3.91. The van der Waals surface area contributed by atoms with Crippen molar-refractivity contribution in [2.75, 3.05) is 20.7 Å². The Bertz CT molecular complexity index is 449. The number of nitrogens with zero attached hydrogens (tertiary/aromatic N) is 2. The molecule has 0 bridgehead atoms. The zero-order valence-corrected chi connectivity index (χ0v) is 10.8. The minimum Gasteiger partial charge on any atom is -0.493 e. The Morgan fingerprint density at radius 2 is 2.00 bits per heavy atom. The zero-order valence-electron chi connectivity index (χ0n) is 10.8. The van der Waals surface area contributed by atoms with Crippen molar-refractivity contribution >= 4 is 0 Å². The maximum Gasteiger partial charge on any atom is 0.197 e. The molecule has 0 N–H and O–H groups in total. The Hall–Kier alpha value is -1.81. The number of ether oxygens (including phenoxy) is 1. The molecule has 0 aliphatic rings. The van der Waals surface area contributed by atoms with Crippen LogP contribution in [0.4, 0.5) is 0 Å². The molecule has 2 aromatic rings. The molecule has 1 aromatic carbocycles. The van der Waals surface area contributed by atoms with Crippen LogP contribution >= 0.6 is 0 Å². The van der Waals surface area contributed by atoms with Crippen LogP contribution in [0.3, 0.4) is 0 Å². The van der Waals surface area contributed by atoms with Gasteiger partial charge < -0.3 is 14.1 Å². The Morgan fingerprint density at radius 3 is 2.61 bits per heavy atom. The van der Waals surface area contributed by atoms with Gasteiger partial charge in [-0.2, -0.15) is 0 Å². The average molecular weight is 246 g/mol. The van der Waals surface area contributed by atoms with Gasteiger partial charge in [-0.05, 0) is 31.8 Å². The molecule has 96 valence electrons. The minimum absolute atomic E-state index is 0.577. The summed E-state index contributed by atoms with van der Waals surface area (Å²) in [4.78, 5) is 6.18. The Kier molecular flexibility index (Phi) is 4.36. The first-order valence-electron chi connectivity index (χ1n) is 5.99. The molecule has 0 saturated carbocycles. The second kappa shape index (κ2) is 6.21. The summed E-state index contributed by atoms with van der Waals surface area (Å²) in [7, 11) is 4.11. The first-order chi connectivity index (χ1) is 8.74. The second-order valence-corrected chi connectivity index (χ2v) is 4.41. The van der Waals surface area contributed by atoms with Crippen LogP contribution < -0.4 is 4.74 Å². The van der Waals surface area contributed by atoms with Crippen molar-refractivity contribution in [1.82, 2.24) is 9.88 Å². The van der Waals surface area contributed by atoms with Crippen molar-refractivity contribution in [3.63, 3.8) is 0 Å². The van der Waals surface area contributed by atoms with Crippen LogP contribution in [0.15, 0.2) is 41.1 Å². The van der Waals surface area contributed by atoms with Gasteiger partial charge in [-0.25, -0.2) is 4.98 Å². The van der Waals surface area contributed by atoms with E-state index in [1.807, 2.05) is 12.1 Å². The zero-order chi connectivity index (χ0) is 12.8. The number of benzene rings is 1. The van der Waals surface area contributed by atoms with Crippen LogP contribution in [-0.2, 0) is 13.0 Å². The van der Waals surface area contributed by atoms with Gasteiger partial charge in [0, 0.05) is 6.54 Å². The molecule has 0 fully saturated rings. The lowest BCUT2D eigenvalue weighted by atomic mass is 10.2. The monoisotopic (exact) mass is 246 g/mol. The topological polar surface area (TPSA) is 38.5 Å². The van der Waals surface area contributed by atoms with E-state index >= 15 is 0 Å². The highest BCUT2D eigenvalue weighted by atomic mass is 16.5. The van der Waals surface area contributed by atoms with Crippen LogP contribution in [0.5, 0.6) is 5.75 Å². The number of rotatable bonds is 6. The SMILES string of the molecule is CN(C)Cc1ccc(OCCc2ncco2)cc1. The highest BCUT2D eigenvalue weighted by Gasteiger charge is 2.00. The third-order valence-corrected chi connectivity index (χ3v) is 2.49. The third kappa shape index (κ3) is 3.89.